The average Bonchev–Trinajstić information content (AvgIpc) is 2.26. The fourth-order valence-electron chi connectivity index (χ4n) is 1.37. The quantitative estimate of drug-likeness (QED) is 0.619. The van der Waals surface area contributed by atoms with Gasteiger partial charge >= 0.3 is 12.0 Å². The molecule has 0 heterocycles. The molecular weight excluding hydrogens is 250 g/mol. The first-order valence-electron chi connectivity index (χ1n) is 6.20. The van der Waals surface area contributed by atoms with Crippen LogP contribution in [0.2, 0.25) is 0 Å². The SMILES string of the molecule is CC(C)C(CC(=O)O)NC(=O)NCCC(=O)N(C)C. The lowest BCUT2D eigenvalue weighted by Gasteiger charge is -2.21. The zero-order chi connectivity index (χ0) is 15.0. The Morgan fingerprint density at radius 2 is 1.79 bits per heavy atom. The van der Waals surface area contributed by atoms with Crippen LogP contribution >= 0.6 is 0 Å². The summed E-state index contributed by atoms with van der Waals surface area (Å²) in [4.78, 5) is 34.9. The maximum absolute atomic E-state index is 11.6. The predicted molar refractivity (Wildman–Crippen MR) is 70.7 cm³/mol. The molecule has 0 saturated carbocycles. The minimum atomic E-state index is -0.957. The van der Waals surface area contributed by atoms with Crippen LogP contribution < -0.4 is 10.6 Å². The van der Waals surface area contributed by atoms with Crippen molar-refractivity contribution in [2.45, 2.75) is 32.7 Å². The van der Waals surface area contributed by atoms with Crippen LogP contribution in [0.25, 0.3) is 0 Å². The lowest BCUT2D eigenvalue weighted by atomic mass is 10.0. The third-order valence-corrected chi connectivity index (χ3v) is 2.64. The van der Waals surface area contributed by atoms with E-state index in [1.54, 1.807) is 14.1 Å². The van der Waals surface area contributed by atoms with Gasteiger partial charge in [0, 0.05) is 33.1 Å². The molecule has 0 bridgehead atoms. The minimum Gasteiger partial charge on any atom is -0.481 e. The van der Waals surface area contributed by atoms with E-state index < -0.39 is 18.0 Å². The molecular formula is C12H23N3O4. The molecule has 1 atom stereocenters. The van der Waals surface area contributed by atoms with E-state index in [2.05, 4.69) is 10.6 Å². The van der Waals surface area contributed by atoms with E-state index >= 15 is 0 Å². The van der Waals surface area contributed by atoms with Crippen LogP contribution in [0.1, 0.15) is 26.7 Å². The Morgan fingerprint density at radius 3 is 2.21 bits per heavy atom. The van der Waals surface area contributed by atoms with Crippen molar-refractivity contribution in [2.75, 3.05) is 20.6 Å². The van der Waals surface area contributed by atoms with Gasteiger partial charge in [0.25, 0.3) is 0 Å². The molecule has 0 fully saturated rings. The zero-order valence-corrected chi connectivity index (χ0v) is 11.9. The Hall–Kier alpha value is -1.79. The molecule has 0 rings (SSSR count). The van der Waals surface area contributed by atoms with E-state index in [-0.39, 0.29) is 31.2 Å². The molecule has 1 unspecified atom stereocenters. The molecule has 19 heavy (non-hydrogen) atoms. The first-order valence-corrected chi connectivity index (χ1v) is 6.20. The first kappa shape index (κ1) is 17.2. The highest BCUT2D eigenvalue weighted by atomic mass is 16.4. The summed E-state index contributed by atoms with van der Waals surface area (Å²) in [6, 6.07) is -0.881. The van der Waals surface area contributed by atoms with Gasteiger partial charge in [0.2, 0.25) is 5.91 Å². The summed E-state index contributed by atoms with van der Waals surface area (Å²) in [5.74, 6) is -1.02. The van der Waals surface area contributed by atoms with Crippen LogP contribution in [-0.2, 0) is 9.59 Å². The summed E-state index contributed by atoms with van der Waals surface area (Å²) in [6.07, 6.45) is 0.0907. The number of carbonyl (C=O) groups is 3. The fourth-order valence-corrected chi connectivity index (χ4v) is 1.37. The predicted octanol–water partition coefficient (Wildman–Crippen LogP) is 0.263. The van der Waals surface area contributed by atoms with E-state index in [0.29, 0.717) is 0 Å². The highest BCUT2D eigenvalue weighted by Crippen LogP contribution is 2.05. The zero-order valence-electron chi connectivity index (χ0n) is 11.9. The lowest BCUT2D eigenvalue weighted by Crippen LogP contribution is -2.46. The van der Waals surface area contributed by atoms with Gasteiger partial charge in [-0.15, -0.1) is 0 Å². The van der Waals surface area contributed by atoms with Gasteiger partial charge in [-0.2, -0.15) is 0 Å². The Morgan fingerprint density at radius 1 is 1.21 bits per heavy atom. The summed E-state index contributed by atoms with van der Waals surface area (Å²) >= 11 is 0. The van der Waals surface area contributed by atoms with Crippen molar-refractivity contribution in [1.29, 1.82) is 0 Å². The number of carbonyl (C=O) groups excluding carboxylic acids is 2. The molecule has 0 aromatic heterocycles. The molecule has 110 valence electrons. The third kappa shape index (κ3) is 8.01. The molecule has 7 heteroatoms. The number of rotatable bonds is 7. The van der Waals surface area contributed by atoms with Crippen molar-refractivity contribution in [3.63, 3.8) is 0 Å². The smallest absolute Gasteiger partial charge is 0.315 e. The van der Waals surface area contributed by atoms with Crippen LogP contribution in [0.5, 0.6) is 0 Å². The topological polar surface area (TPSA) is 98.7 Å². The number of amides is 3. The lowest BCUT2D eigenvalue weighted by molar-refractivity contribution is -0.137. The summed E-state index contributed by atoms with van der Waals surface area (Å²) < 4.78 is 0. The van der Waals surface area contributed by atoms with Gasteiger partial charge in [0.15, 0.2) is 0 Å². The van der Waals surface area contributed by atoms with Crippen LogP contribution in [-0.4, -0.2) is 54.6 Å². The number of nitrogens with one attached hydrogen (secondary N) is 2. The summed E-state index contributed by atoms with van der Waals surface area (Å²) in [7, 11) is 3.29. The van der Waals surface area contributed by atoms with Crippen molar-refractivity contribution in [3.05, 3.63) is 0 Å². The number of carboxylic acids is 1. The number of urea groups is 1. The molecule has 7 nitrogen and oxygen atoms in total. The molecule has 0 aliphatic rings. The second kappa shape index (κ2) is 8.34. The van der Waals surface area contributed by atoms with Crippen molar-refractivity contribution < 1.29 is 19.5 Å². The van der Waals surface area contributed by atoms with Gasteiger partial charge in [-0.1, -0.05) is 13.8 Å². The van der Waals surface area contributed by atoms with Crippen molar-refractivity contribution in [1.82, 2.24) is 15.5 Å². The maximum atomic E-state index is 11.6. The minimum absolute atomic E-state index is 0.0188. The second-order valence-corrected chi connectivity index (χ2v) is 4.89. The Labute approximate surface area is 113 Å². The molecule has 3 amide bonds. The number of carboxylic acid groups (broad SMARTS) is 1. The van der Waals surface area contributed by atoms with Gasteiger partial charge in [0.1, 0.15) is 0 Å². The standard InChI is InChI=1S/C12H23N3O4/c1-8(2)9(7-11(17)18)14-12(19)13-6-5-10(16)15(3)4/h8-9H,5-7H2,1-4H3,(H,17,18)(H2,13,14,19). The molecule has 0 saturated heterocycles. The molecule has 0 aliphatic heterocycles. The van der Waals surface area contributed by atoms with E-state index in [1.807, 2.05) is 13.8 Å². The van der Waals surface area contributed by atoms with Crippen molar-refractivity contribution in [2.24, 2.45) is 5.92 Å². The Bertz CT molecular complexity index is 329. The van der Waals surface area contributed by atoms with Crippen LogP contribution in [0.3, 0.4) is 0 Å². The molecule has 0 aliphatic carbocycles. The van der Waals surface area contributed by atoms with E-state index in [4.69, 9.17) is 5.11 Å². The van der Waals surface area contributed by atoms with E-state index in [9.17, 15) is 14.4 Å². The maximum Gasteiger partial charge on any atom is 0.315 e. The average molecular weight is 273 g/mol. The second-order valence-electron chi connectivity index (χ2n) is 4.89. The van der Waals surface area contributed by atoms with Crippen molar-refractivity contribution in [3.8, 4) is 0 Å². The van der Waals surface area contributed by atoms with Gasteiger partial charge in [-0.25, -0.2) is 4.79 Å². The van der Waals surface area contributed by atoms with Gasteiger partial charge in [-0.05, 0) is 5.92 Å². The summed E-state index contributed by atoms with van der Waals surface area (Å²) in [6.45, 7) is 3.90. The Balaban J connectivity index is 4.07. The van der Waals surface area contributed by atoms with Crippen LogP contribution in [0, 0.1) is 5.92 Å². The first-order chi connectivity index (χ1) is 8.73. The van der Waals surface area contributed by atoms with E-state index in [1.165, 1.54) is 4.90 Å². The van der Waals surface area contributed by atoms with E-state index in [0.717, 1.165) is 0 Å². The van der Waals surface area contributed by atoms with Crippen LogP contribution in [0.4, 0.5) is 4.79 Å². The van der Waals surface area contributed by atoms with Gasteiger partial charge in [-0.3, -0.25) is 9.59 Å². The normalized spacial score (nSPS) is 11.8. The monoisotopic (exact) mass is 273 g/mol. The summed E-state index contributed by atoms with van der Waals surface area (Å²) in [5, 5.41) is 13.9. The Kier molecular flexibility index (Phi) is 7.55. The number of hydrogen-bond acceptors (Lipinski definition) is 3. The van der Waals surface area contributed by atoms with Crippen molar-refractivity contribution >= 4 is 17.9 Å². The molecule has 0 radical (unpaired) electrons. The number of nitrogens with zero attached hydrogens (tertiary/aromatic N) is 1. The molecule has 0 spiro atoms. The highest BCUT2D eigenvalue weighted by molar-refractivity contribution is 5.78. The third-order valence-electron chi connectivity index (χ3n) is 2.64. The number of aliphatic carboxylic acids is 1. The van der Waals surface area contributed by atoms with Gasteiger partial charge in [0.05, 0.1) is 6.42 Å². The molecule has 0 aromatic rings. The van der Waals surface area contributed by atoms with Gasteiger partial charge < -0.3 is 20.6 Å². The van der Waals surface area contributed by atoms with Crippen LogP contribution in [0.15, 0.2) is 0 Å². The number of hydrogen-bond donors (Lipinski definition) is 3. The molecule has 0 aromatic carbocycles. The fraction of sp³-hybridized carbons (Fsp3) is 0.750. The summed E-state index contributed by atoms with van der Waals surface area (Å²) in [5.41, 5.74) is 0. The molecule has 3 N–H and O–H groups in total. The highest BCUT2D eigenvalue weighted by Gasteiger charge is 2.19. The largest absolute Gasteiger partial charge is 0.481 e.